The molecule has 2 atom stereocenters. The van der Waals surface area contributed by atoms with E-state index in [1.165, 1.54) is 89.9 Å². The number of hydrogen-bond donors (Lipinski definition) is 2. The standard InChI is InChI=1S/C26H54O5/c1-3-5-7-9-11-13-15-17-19-29-23-25(21-27)31-26(22-28)24-30-20-18-16-14-12-10-8-6-4-2/h25-28H,3-24H2,1-2H3. The molecule has 0 aromatic rings. The highest BCUT2D eigenvalue weighted by Crippen LogP contribution is 2.10. The summed E-state index contributed by atoms with van der Waals surface area (Å²) in [5, 5.41) is 19.1. The second-order valence-electron chi connectivity index (χ2n) is 8.84. The maximum absolute atomic E-state index is 9.53. The summed E-state index contributed by atoms with van der Waals surface area (Å²) in [4.78, 5) is 0. The molecule has 0 aromatic heterocycles. The summed E-state index contributed by atoms with van der Waals surface area (Å²) in [7, 11) is 0. The van der Waals surface area contributed by atoms with Crippen LogP contribution in [0, 0.1) is 0 Å². The molecule has 0 aliphatic carbocycles. The highest BCUT2D eigenvalue weighted by atomic mass is 16.6. The van der Waals surface area contributed by atoms with E-state index in [0.717, 1.165) is 12.8 Å². The molecule has 5 heteroatoms. The molecule has 0 aliphatic heterocycles. The Morgan fingerprint density at radius 2 is 0.806 bits per heavy atom. The second-order valence-corrected chi connectivity index (χ2v) is 8.84. The molecule has 5 nitrogen and oxygen atoms in total. The monoisotopic (exact) mass is 446 g/mol. The summed E-state index contributed by atoms with van der Waals surface area (Å²) in [5.74, 6) is 0. The minimum Gasteiger partial charge on any atom is -0.394 e. The Labute approximate surface area is 193 Å². The van der Waals surface area contributed by atoms with E-state index in [-0.39, 0.29) is 13.2 Å². The predicted octanol–water partition coefficient (Wildman–Crippen LogP) is 6.04. The Hall–Kier alpha value is -0.200. The van der Waals surface area contributed by atoms with E-state index in [0.29, 0.717) is 26.4 Å². The van der Waals surface area contributed by atoms with Crippen molar-refractivity contribution in [1.29, 1.82) is 0 Å². The van der Waals surface area contributed by atoms with Crippen LogP contribution in [-0.2, 0) is 14.2 Å². The van der Waals surface area contributed by atoms with Gasteiger partial charge in [-0.15, -0.1) is 0 Å². The smallest absolute Gasteiger partial charge is 0.104 e. The lowest BCUT2D eigenvalue weighted by molar-refractivity contribution is -0.115. The molecule has 2 N–H and O–H groups in total. The van der Waals surface area contributed by atoms with Gasteiger partial charge in [-0.05, 0) is 12.8 Å². The van der Waals surface area contributed by atoms with E-state index < -0.39 is 12.2 Å². The van der Waals surface area contributed by atoms with Gasteiger partial charge >= 0.3 is 0 Å². The average molecular weight is 447 g/mol. The molecule has 188 valence electrons. The number of hydrogen-bond acceptors (Lipinski definition) is 5. The molecule has 0 heterocycles. The molecular weight excluding hydrogens is 392 g/mol. The molecule has 0 amide bonds. The van der Waals surface area contributed by atoms with Crippen molar-refractivity contribution < 1.29 is 24.4 Å². The van der Waals surface area contributed by atoms with Crippen LogP contribution in [0.4, 0.5) is 0 Å². The van der Waals surface area contributed by atoms with Crippen LogP contribution in [0.5, 0.6) is 0 Å². The maximum Gasteiger partial charge on any atom is 0.104 e. The Morgan fingerprint density at radius 3 is 1.13 bits per heavy atom. The van der Waals surface area contributed by atoms with Crippen molar-refractivity contribution in [3.05, 3.63) is 0 Å². The van der Waals surface area contributed by atoms with Crippen molar-refractivity contribution >= 4 is 0 Å². The third kappa shape index (κ3) is 22.8. The van der Waals surface area contributed by atoms with E-state index in [9.17, 15) is 10.2 Å². The number of rotatable bonds is 26. The van der Waals surface area contributed by atoms with E-state index in [1.807, 2.05) is 0 Å². The Balaban J connectivity index is 3.59. The molecule has 0 radical (unpaired) electrons. The molecule has 0 aliphatic rings. The lowest BCUT2D eigenvalue weighted by Gasteiger charge is -2.22. The number of aliphatic hydroxyl groups is 2. The fraction of sp³-hybridized carbons (Fsp3) is 1.00. The van der Waals surface area contributed by atoms with Crippen LogP contribution in [0.15, 0.2) is 0 Å². The minimum absolute atomic E-state index is 0.105. The van der Waals surface area contributed by atoms with Crippen molar-refractivity contribution in [1.82, 2.24) is 0 Å². The molecule has 2 unspecified atom stereocenters. The van der Waals surface area contributed by atoms with Crippen LogP contribution in [-0.4, -0.2) is 62.1 Å². The first-order chi connectivity index (χ1) is 15.3. The van der Waals surface area contributed by atoms with Crippen LogP contribution in [0.1, 0.15) is 117 Å². The molecule has 0 saturated heterocycles. The molecular formula is C26H54O5. The van der Waals surface area contributed by atoms with Gasteiger partial charge in [-0.1, -0.05) is 104 Å². The molecule has 0 fully saturated rings. The van der Waals surface area contributed by atoms with Gasteiger partial charge in [0.25, 0.3) is 0 Å². The molecule has 31 heavy (non-hydrogen) atoms. The summed E-state index contributed by atoms with van der Waals surface area (Å²) < 4.78 is 17.1. The largest absolute Gasteiger partial charge is 0.394 e. The number of aliphatic hydroxyl groups excluding tert-OH is 2. The number of unbranched alkanes of at least 4 members (excludes halogenated alkanes) is 14. The maximum atomic E-state index is 9.53. The van der Waals surface area contributed by atoms with Gasteiger partial charge in [0.1, 0.15) is 12.2 Å². The summed E-state index contributed by atoms with van der Waals surface area (Å²) in [6.45, 7) is 6.41. The van der Waals surface area contributed by atoms with Gasteiger partial charge in [0, 0.05) is 13.2 Å². The Morgan fingerprint density at radius 1 is 0.484 bits per heavy atom. The fourth-order valence-corrected chi connectivity index (χ4v) is 3.65. The Bertz CT molecular complexity index is 297. The van der Waals surface area contributed by atoms with E-state index in [1.54, 1.807) is 0 Å². The first-order valence-corrected chi connectivity index (χ1v) is 13.3. The van der Waals surface area contributed by atoms with Crippen LogP contribution in [0.2, 0.25) is 0 Å². The van der Waals surface area contributed by atoms with Crippen molar-refractivity contribution in [2.24, 2.45) is 0 Å². The zero-order valence-electron chi connectivity index (χ0n) is 20.8. The minimum atomic E-state index is -0.405. The van der Waals surface area contributed by atoms with Gasteiger partial charge in [0.2, 0.25) is 0 Å². The summed E-state index contributed by atoms with van der Waals surface area (Å²) in [6, 6.07) is 0. The average Bonchev–Trinajstić information content (AvgIpc) is 2.79. The normalized spacial score (nSPS) is 13.5. The lowest BCUT2D eigenvalue weighted by Crippen LogP contribution is -2.34. The van der Waals surface area contributed by atoms with Gasteiger partial charge < -0.3 is 24.4 Å². The first-order valence-electron chi connectivity index (χ1n) is 13.3. The molecule has 0 rings (SSSR count). The summed E-state index contributed by atoms with van der Waals surface area (Å²) in [6.07, 6.45) is 19.6. The van der Waals surface area contributed by atoms with Crippen molar-refractivity contribution in [3.8, 4) is 0 Å². The molecule has 0 spiro atoms. The highest BCUT2D eigenvalue weighted by molar-refractivity contribution is 4.62. The zero-order chi connectivity index (χ0) is 22.8. The Kier molecular flexibility index (Phi) is 25.9. The second kappa shape index (κ2) is 26.1. The SMILES string of the molecule is CCCCCCCCCCOCC(CO)OC(CO)COCCCCCCCCCC. The third-order valence-electron chi connectivity index (χ3n) is 5.68. The third-order valence-corrected chi connectivity index (χ3v) is 5.68. The zero-order valence-corrected chi connectivity index (χ0v) is 20.8. The fourth-order valence-electron chi connectivity index (χ4n) is 3.65. The topological polar surface area (TPSA) is 68.2 Å². The van der Waals surface area contributed by atoms with Gasteiger partial charge in [-0.3, -0.25) is 0 Å². The summed E-state index contributed by atoms with van der Waals surface area (Å²) in [5.41, 5.74) is 0. The van der Waals surface area contributed by atoms with Crippen LogP contribution in [0.3, 0.4) is 0 Å². The summed E-state index contributed by atoms with van der Waals surface area (Å²) >= 11 is 0. The molecule has 0 saturated carbocycles. The van der Waals surface area contributed by atoms with Crippen molar-refractivity contribution in [2.75, 3.05) is 39.6 Å². The van der Waals surface area contributed by atoms with E-state index in [2.05, 4.69) is 13.8 Å². The van der Waals surface area contributed by atoms with Crippen LogP contribution in [0.25, 0.3) is 0 Å². The first kappa shape index (κ1) is 30.8. The quantitative estimate of drug-likeness (QED) is 0.159. The van der Waals surface area contributed by atoms with E-state index >= 15 is 0 Å². The van der Waals surface area contributed by atoms with Crippen LogP contribution >= 0.6 is 0 Å². The predicted molar refractivity (Wildman–Crippen MR) is 130 cm³/mol. The van der Waals surface area contributed by atoms with Gasteiger partial charge in [0.15, 0.2) is 0 Å². The highest BCUT2D eigenvalue weighted by Gasteiger charge is 2.16. The molecule has 0 aromatic carbocycles. The number of ether oxygens (including phenoxy) is 3. The van der Waals surface area contributed by atoms with E-state index in [4.69, 9.17) is 14.2 Å². The van der Waals surface area contributed by atoms with Gasteiger partial charge in [0.05, 0.1) is 26.4 Å². The van der Waals surface area contributed by atoms with Crippen molar-refractivity contribution in [2.45, 2.75) is 129 Å². The van der Waals surface area contributed by atoms with Gasteiger partial charge in [-0.2, -0.15) is 0 Å². The van der Waals surface area contributed by atoms with Crippen molar-refractivity contribution in [3.63, 3.8) is 0 Å². The van der Waals surface area contributed by atoms with Crippen LogP contribution < -0.4 is 0 Å². The lowest BCUT2D eigenvalue weighted by atomic mass is 10.1. The molecule has 0 bridgehead atoms. The van der Waals surface area contributed by atoms with Gasteiger partial charge in [-0.25, -0.2) is 0 Å².